The molecule has 33 heavy (non-hydrogen) atoms. The number of para-hydroxylation sites is 1. The van der Waals surface area contributed by atoms with Gasteiger partial charge in [0.25, 0.3) is 0 Å². The molecule has 2 aromatic carbocycles. The second kappa shape index (κ2) is 8.94. The fourth-order valence-electron chi connectivity index (χ4n) is 3.98. The molecule has 2 aromatic heterocycles. The lowest BCUT2D eigenvalue weighted by Gasteiger charge is -2.18. The molecule has 1 fully saturated rings. The van der Waals surface area contributed by atoms with Crippen LogP contribution in [0.4, 0.5) is 5.69 Å². The summed E-state index contributed by atoms with van der Waals surface area (Å²) in [5, 5.41) is 10.9. The standard InChI is InChI=1S/C25H28N6OS/c1-29(2)18-10-8-17(9-11-18)15-30(3)23(32)16-33-25-28-27-24(31(25)19-12-13-19)21-14-26-22-7-5-4-6-20(21)22/h4-11,14,19,26H,12-13,15-16H2,1-3H3. The molecule has 170 valence electrons. The molecule has 5 rings (SSSR count). The third-order valence-electron chi connectivity index (χ3n) is 6.03. The molecular weight excluding hydrogens is 432 g/mol. The minimum atomic E-state index is 0.0793. The van der Waals surface area contributed by atoms with Crippen molar-refractivity contribution >= 4 is 34.3 Å². The maximum absolute atomic E-state index is 12.8. The highest BCUT2D eigenvalue weighted by Gasteiger charge is 2.31. The first kappa shape index (κ1) is 21.6. The highest BCUT2D eigenvalue weighted by molar-refractivity contribution is 7.99. The van der Waals surface area contributed by atoms with Crippen LogP contribution in [0.15, 0.2) is 59.9 Å². The first-order valence-corrected chi connectivity index (χ1v) is 12.1. The molecule has 1 aliphatic rings. The number of hydrogen-bond donors (Lipinski definition) is 1. The number of anilines is 1. The maximum atomic E-state index is 12.8. The molecule has 8 heteroatoms. The van der Waals surface area contributed by atoms with E-state index in [9.17, 15) is 4.79 Å². The van der Waals surface area contributed by atoms with Gasteiger partial charge in [0.2, 0.25) is 5.91 Å². The van der Waals surface area contributed by atoms with Crippen LogP contribution in [0.3, 0.4) is 0 Å². The van der Waals surface area contributed by atoms with Crippen LogP contribution in [-0.4, -0.2) is 57.5 Å². The molecule has 1 amide bonds. The van der Waals surface area contributed by atoms with Crippen molar-refractivity contribution in [3.8, 4) is 11.4 Å². The number of rotatable bonds is 8. The van der Waals surface area contributed by atoms with Gasteiger partial charge < -0.3 is 14.8 Å². The summed E-state index contributed by atoms with van der Waals surface area (Å²) in [6.07, 6.45) is 4.25. The van der Waals surface area contributed by atoms with Crippen LogP contribution in [0, 0.1) is 0 Å². The van der Waals surface area contributed by atoms with Gasteiger partial charge in [-0.25, -0.2) is 0 Å². The first-order chi connectivity index (χ1) is 16.0. The Morgan fingerprint density at radius 2 is 1.85 bits per heavy atom. The Morgan fingerprint density at radius 3 is 2.58 bits per heavy atom. The van der Waals surface area contributed by atoms with Gasteiger partial charge in [-0.3, -0.25) is 9.36 Å². The van der Waals surface area contributed by atoms with Crippen LogP contribution in [0.2, 0.25) is 0 Å². The van der Waals surface area contributed by atoms with Gasteiger partial charge in [0, 0.05) is 62.1 Å². The molecular formula is C25H28N6OS. The second-order valence-corrected chi connectivity index (χ2v) is 9.70. The lowest BCUT2D eigenvalue weighted by Crippen LogP contribution is -2.28. The van der Waals surface area contributed by atoms with E-state index in [0.717, 1.165) is 51.5 Å². The maximum Gasteiger partial charge on any atom is 0.233 e. The Balaban J connectivity index is 1.28. The van der Waals surface area contributed by atoms with E-state index in [-0.39, 0.29) is 5.91 Å². The molecule has 1 N–H and O–H groups in total. The zero-order chi connectivity index (χ0) is 22.9. The molecule has 1 aliphatic carbocycles. The summed E-state index contributed by atoms with van der Waals surface area (Å²) in [5.41, 5.74) is 4.40. The van der Waals surface area contributed by atoms with E-state index >= 15 is 0 Å². The molecule has 2 heterocycles. The third-order valence-corrected chi connectivity index (χ3v) is 6.96. The van der Waals surface area contributed by atoms with Crippen LogP contribution in [0.5, 0.6) is 0 Å². The van der Waals surface area contributed by atoms with Crippen LogP contribution in [0.25, 0.3) is 22.3 Å². The van der Waals surface area contributed by atoms with Gasteiger partial charge in [0.05, 0.1) is 5.75 Å². The minimum Gasteiger partial charge on any atom is -0.378 e. The molecule has 7 nitrogen and oxygen atoms in total. The topological polar surface area (TPSA) is 70.1 Å². The number of nitrogens with one attached hydrogen (secondary N) is 1. The number of thioether (sulfide) groups is 1. The predicted octanol–water partition coefficient (Wildman–Crippen LogP) is 4.58. The summed E-state index contributed by atoms with van der Waals surface area (Å²) in [6, 6.07) is 16.9. The van der Waals surface area contributed by atoms with Crippen molar-refractivity contribution in [2.45, 2.75) is 30.6 Å². The molecule has 0 saturated heterocycles. The number of carbonyl (C=O) groups excluding carboxylic acids is 1. The van der Waals surface area contributed by atoms with E-state index in [1.54, 1.807) is 4.90 Å². The molecule has 0 spiro atoms. The van der Waals surface area contributed by atoms with Gasteiger partial charge >= 0.3 is 0 Å². The van der Waals surface area contributed by atoms with E-state index in [4.69, 9.17) is 0 Å². The fourth-order valence-corrected chi connectivity index (χ4v) is 4.92. The number of nitrogens with zero attached hydrogens (tertiary/aromatic N) is 5. The van der Waals surface area contributed by atoms with Crippen molar-refractivity contribution in [1.29, 1.82) is 0 Å². The van der Waals surface area contributed by atoms with Gasteiger partial charge in [-0.1, -0.05) is 42.1 Å². The van der Waals surface area contributed by atoms with Crippen LogP contribution in [-0.2, 0) is 11.3 Å². The molecule has 0 radical (unpaired) electrons. The predicted molar refractivity (Wildman–Crippen MR) is 134 cm³/mol. The van der Waals surface area contributed by atoms with Crippen LogP contribution in [0.1, 0.15) is 24.4 Å². The summed E-state index contributed by atoms with van der Waals surface area (Å²) in [4.78, 5) is 20.0. The summed E-state index contributed by atoms with van der Waals surface area (Å²) < 4.78 is 2.22. The highest BCUT2D eigenvalue weighted by Crippen LogP contribution is 2.42. The normalized spacial score (nSPS) is 13.4. The number of H-pyrrole nitrogens is 1. The van der Waals surface area contributed by atoms with Gasteiger partial charge in [0.1, 0.15) is 0 Å². The summed E-state index contributed by atoms with van der Waals surface area (Å²) in [6.45, 7) is 0.586. The van der Waals surface area contributed by atoms with E-state index < -0.39 is 0 Å². The van der Waals surface area contributed by atoms with E-state index in [0.29, 0.717) is 18.3 Å². The van der Waals surface area contributed by atoms with E-state index in [1.165, 1.54) is 11.8 Å². The minimum absolute atomic E-state index is 0.0793. The number of fused-ring (bicyclic) bond motifs is 1. The van der Waals surface area contributed by atoms with Crippen molar-refractivity contribution in [1.82, 2.24) is 24.6 Å². The lowest BCUT2D eigenvalue weighted by molar-refractivity contribution is -0.127. The monoisotopic (exact) mass is 460 g/mol. The largest absolute Gasteiger partial charge is 0.378 e. The molecule has 0 aliphatic heterocycles. The lowest BCUT2D eigenvalue weighted by atomic mass is 10.1. The quantitative estimate of drug-likeness (QED) is 0.390. The number of amides is 1. The SMILES string of the molecule is CN(Cc1ccc(N(C)C)cc1)C(=O)CSc1nnc(-c2c[nH]c3ccccc23)n1C1CC1. The Kier molecular flexibility index (Phi) is 5.85. The Morgan fingerprint density at radius 1 is 1.09 bits per heavy atom. The van der Waals surface area contributed by atoms with Gasteiger partial charge in [-0.15, -0.1) is 10.2 Å². The van der Waals surface area contributed by atoms with Gasteiger partial charge in [-0.2, -0.15) is 0 Å². The molecule has 0 bridgehead atoms. The zero-order valence-corrected chi connectivity index (χ0v) is 20.0. The fraction of sp³-hybridized carbons (Fsp3) is 0.320. The molecule has 0 atom stereocenters. The van der Waals surface area contributed by atoms with Crippen molar-refractivity contribution < 1.29 is 4.79 Å². The smallest absolute Gasteiger partial charge is 0.233 e. The molecule has 0 unspecified atom stereocenters. The van der Waals surface area contributed by atoms with Gasteiger partial charge in [-0.05, 0) is 36.6 Å². The summed E-state index contributed by atoms with van der Waals surface area (Å²) >= 11 is 1.47. The Bertz CT molecular complexity index is 1270. The van der Waals surface area contributed by atoms with Gasteiger partial charge in [0.15, 0.2) is 11.0 Å². The number of aromatic amines is 1. The van der Waals surface area contributed by atoms with Crippen LogP contribution >= 0.6 is 11.8 Å². The van der Waals surface area contributed by atoms with Crippen molar-refractivity contribution in [3.63, 3.8) is 0 Å². The van der Waals surface area contributed by atoms with Crippen molar-refractivity contribution in [3.05, 3.63) is 60.3 Å². The third kappa shape index (κ3) is 4.48. The second-order valence-electron chi connectivity index (χ2n) is 8.75. The van der Waals surface area contributed by atoms with E-state index in [1.807, 2.05) is 39.5 Å². The highest BCUT2D eigenvalue weighted by atomic mass is 32.2. The average Bonchev–Trinajstić information content (AvgIpc) is 3.43. The first-order valence-electron chi connectivity index (χ1n) is 11.2. The number of aromatic nitrogens is 4. The summed E-state index contributed by atoms with van der Waals surface area (Å²) in [7, 11) is 5.89. The average molecular weight is 461 g/mol. The number of carbonyl (C=O) groups is 1. The number of benzene rings is 2. The Hall–Kier alpha value is -3.26. The van der Waals surface area contributed by atoms with Crippen molar-refractivity contribution in [2.75, 3.05) is 31.8 Å². The molecule has 4 aromatic rings. The van der Waals surface area contributed by atoms with Crippen LogP contribution < -0.4 is 4.90 Å². The summed E-state index contributed by atoms with van der Waals surface area (Å²) in [5.74, 6) is 1.29. The molecule has 1 saturated carbocycles. The Labute approximate surface area is 197 Å². The van der Waals surface area contributed by atoms with E-state index in [2.05, 4.69) is 61.0 Å². The number of hydrogen-bond acceptors (Lipinski definition) is 5. The zero-order valence-electron chi connectivity index (χ0n) is 19.2. The van der Waals surface area contributed by atoms with Crippen molar-refractivity contribution in [2.24, 2.45) is 0 Å².